The van der Waals surface area contributed by atoms with E-state index in [-0.39, 0.29) is 12.0 Å². The van der Waals surface area contributed by atoms with Crippen molar-refractivity contribution in [2.45, 2.75) is 6.10 Å². The first kappa shape index (κ1) is 22.7. The van der Waals surface area contributed by atoms with Gasteiger partial charge in [-0.2, -0.15) is 0 Å². The van der Waals surface area contributed by atoms with Crippen molar-refractivity contribution in [2.75, 3.05) is 58.3 Å². The second-order valence-electron chi connectivity index (χ2n) is 9.64. The van der Waals surface area contributed by atoms with Gasteiger partial charge in [0.05, 0.1) is 18.0 Å². The van der Waals surface area contributed by atoms with Crippen molar-refractivity contribution >= 4 is 22.8 Å². The highest BCUT2D eigenvalue weighted by Gasteiger charge is 2.31. The predicted octanol–water partition coefficient (Wildman–Crippen LogP) is 3.51. The summed E-state index contributed by atoms with van der Waals surface area (Å²) < 4.78 is 5.28. The van der Waals surface area contributed by atoms with E-state index in [0.717, 1.165) is 59.7 Å². The summed E-state index contributed by atoms with van der Waals surface area (Å²) in [6.07, 6.45) is 3.89. The zero-order chi connectivity index (χ0) is 24.6. The second-order valence-corrected chi connectivity index (χ2v) is 9.64. The van der Waals surface area contributed by atoms with E-state index in [1.54, 1.807) is 7.11 Å². The first-order valence-corrected chi connectivity index (χ1v) is 12.4. The number of aromatic amines is 1. The van der Waals surface area contributed by atoms with Crippen LogP contribution < -0.4 is 4.90 Å². The number of carbonyl (C=O) groups excluding carboxylic acids is 1. The fourth-order valence-corrected chi connectivity index (χ4v) is 4.89. The molecule has 2 aliphatic heterocycles. The molecule has 8 heteroatoms. The molecule has 4 heterocycles. The number of benzene rings is 2. The third-order valence-electron chi connectivity index (χ3n) is 7.32. The van der Waals surface area contributed by atoms with Crippen LogP contribution in [0, 0.1) is 0 Å². The smallest absolute Gasteiger partial charge is 0.254 e. The van der Waals surface area contributed by atoms with E-state index in [0.29, 0.717) is 18.7 Å². The molecule has 0 radical (unpaired) electrons. The van der Waals surface area contributed by atoms with Gasteiger partial charge in [-0.3, -0.25) is 4.79 Å². The molecular weight excluding hydrogens is 452 g/mol. The molecule has 2 aliphatic rings. The molecule has 0 saturated carbocycles. The summed E-state index contributed by atoms with van der Waals surface area (Å²) in [5.74, 6) is 0.0378. The minimum absolute atomic E-state index is 0.0378. The van der Waals surface area contributed by atoms with Crippen LogP contribution in [0.1, 0.15) is 10.4 Å². The molecule has 1 amide bonds. The fourth-order valence-electron chi connectivity index (χ4n) is 4.89. The number of fused-ring (bicyclic) bond motifs is 1. The summed E-state index contributed by atoms with van der Waals surface area (Å²) >= 11 is 0. The Morgan fingerprint density at radius 3 is 2.36 bits per heavy atom. The van der Waals surface area contributed by atoms with E-state index in [2.05, 4.69) is 51.1 Å². The van der Waals surface area contributed by atoms with Crippen LogP contribution in [0.25, 0.3) is 33.5 Å². The minimum Gasteiger partial charge on any atom is -0.378 e. The lowest BCUT2D eigenvalue weighted by Crippen LogP contribution is -2.54. The number of ether oxygens (including phenoxy) is 1. The number of H-pyrrole nitrogens is 1. The number of anilines is 1. The lowest BCUT2D eigenvalue weighted by Gasteiger charge is -2.38. The third-order valence-corrected chi connectivity index (χ3v) is 7.32. The number of nitrogens with zero attached hydrogens (tertiary/aromatic N) is 5. The molecule has 0 aliphatic carbocycles. The number of hydrogen-bond donors (Lipinski definition) is 1. The highest BCUT2D eigenvalue weighted by Crippen LogP contribution is 2.30. The summed E-state index contributed by atoms with van der Waals surface area (Å²) in [6, 6.07) is 16.3. The summed E-state index contributed by atoms with van der Waals surface area (Å²) in [5, 5.41) is 0. The van der Waals surface area contributed by atoms with E-state index in [1.807, 2.05) is 41.6 Å². The van der Waals surface area contributed by atoms with Crippen molar-refractivity contribution in [3.8, 4) is 22.4 Å². The Morgan fingerprint density at radius 1 is 0.972 bits per heavy atom. The molecule has 6 rings (SSSR count). The number of carbonyl (C=O) groups is 1. The van der Waals surface area contributed by atoms with E-state index in [4.69, 9.17) is 9.72 Å². The quantitative estimate of drug-likeness (QED) is 0.469. The van der Waals surface area contributed by atoms with Gasteiger partial charge in [0.2, 0.25) is 0 Å². The monoisotopic (exact) mass is 482 g/mol. The Bertz CT molecular complexity index is 1370. The van der Waals surface area contributed by atoms with Crippen LogP contribution in [0.4, 0.5) is 5.69 Å². The third kappa shape index (κ3) is 4.23. The van der Waals surface area contributed by atoms with Crippen molar-refractivity contribution in [2.24, 2.45) is 0 Å². The molecule has 2 aromatic heterocycles. The van der Waals surface area contributed by atoms with Crippen molar-refractivity contribution in [3.05, 3.63) is 66.5 Å². The van der Waals surface area contributed by atoms with Gasteiger partial charge in [0, 0.05) is 75.0 Å². The van der Waals surface area contributed by atoms with Crippen molar-refractivity contribution in [1.29, 1.82) is 0 Å². The number of likely N-dealkylation sites (tertiary alicyclic amines) is 1. The number of amides is 1. The van der Waals surface area contributed by atoms with E-state index in [1.165, 1.54) is 5.69 Å². The van der Waals surface area contributed by atoms with Gasteiger partial charge in [-0.25, -0.2) is 9.97 Å². The molecule has 0 spiro atoms. The number of nitrogens with one attached hydrogen (secondary N) is 1. The standard InChI is InChI=1S/C28H30N6O2/c1-32-11-13-33(14-12-32)22-9-7-20(8-10-22)25-16-30-27-26(31-25)24(15-29-27)19-3-5-21(6-4-19)28(35)34-17-23(18-34)36-2/h3-10,15-16,23H,11-14,17-18H2,1-2H3,(H,29,30). The molecular formula is C28H30N6O2. The van der Waals surface area contributed by atoms with Crippen LogP contribution in [-0.4, -0.2) is 90.2 Å². The maximum absolute atomic E-state index is 12.7. The molecule has 2 saturated heterocycles. The summed E-state index contributed by atoms with van der Waals surface area (Å²) in [5.41, 5.74) is 7.33. The van der Waals surface area contributed by atoms with Gasteiger partial charge in [0.25, 0.3) is 5.91 Å². The molecule has 0 unspecified atom stereocenters. The van der Waals surface area contributed by atoms with Gasteiger partial charge in [0.15, 0.2) is 5.65 Å². The van der Waals surface area contributed by atoms with Crippen LogP contribution in [0.5, 0.6) is 0 Å². The number of piperazine rings is 1. The molecule has 36 heavy (non-hydrogen) atoms. The zero-order valence-corrected chi connectivity index (χ0v) is 20.6. The van der Waals surface area contributed by atoms with Crippen molar-refractivity contribution in [1.82, 2.24) is 24.8 Å². The van der Waals surface area contributed by atoms with Crippen LogP contribution in [0.2, 0.25) is 0 Å². The van der Waals surface area contributed by atoms with Gasteiger partial charge in [0.1, 0.15) is 5.52 Å². The minimum atomic E-state index is 0.0378. The maximum Gasteiger partial charge on any atom is 0.254 e. The Hall–Kier alpha value is -3.75. The summed E-state index contributed by atoms with van der Waals surface area (Å²) in [7, 11) is 3.85. The molecule has 2 aromatic carbocycles. The average molecular weight is 483 g/mol. The summed E-state index contributed by atoms with van der Waals surface area (Å²) in [6.45, 7) is 5.56. The number of rotatable bonds is 5. The Kier molecular flexibility index (Phi) is 5.91. The molecule has 1 N–H and O–H groups in total. The fraction of sp³-hybridized carbons (Fsp3) is 0.321. The molecule has 0 bridgehead atoms. The van der Waals surface area contributed by atoms with Gasteiger partial charge >= 0.3 is 0 Å². The van der Waals surface area contributed by atoms with E-state index in [9.17, 15) is 4.79 Å². The van der Waals surface area contributed by atoms with Gasteiger partial charge in [-0.05, 0) is 36.9 Å². The van der Waals surface area contributed by atoms with Crippen LogP contribution >= 0.6 is 0 Å². The van der Waals surface area contributed by atoms with Crippen LogP contribution in [-0.2, 0) is 4.74 Å². The van der Waals surface area contributed by atoms with Gasteiger partial charge < -0.3 is 24.4 Å². The highest BCUT2D eigenvalue weighted by atomic mass is 16.5. The zero-order valence-electron chi connectivity index (χ0n) is 20.6. The largest absolute Gasteiger partial charge is 0.378 e. The maximum atomic E-state index is 12.7. The lowest BCUT2D eigenvalue weighted by molar-refractivity contribution is -0.0191. The first-order valence-electron chi connectivity index (χ1n) is 12.4. The molecule has 8 nitrogen and oxygen atoms in total. The van der Waals surface area contributed by atoms with E-state index < -0.39 is 0 Å². The lowest BCUT2D eigenvalue weighted by atomic mass is 10.0. The normalized spacial score (nSPS) is 16.9. The number of methoxy groups -OCH3 is 1. The molecule has 4 aromatic rings. The van der Waals surface area contributed by atoms with Crippen molar-refractivity contribution < 1.29 is 9.53 Å². The van der Waals surface area contributed by atoms with E-state index >= 15 is 0 Å². The summed E-state index contributed by atoms with van der Waals surface area (Å²) in [4.78, 5) is 32.1. The molecule has 2 fully saturated rings. The van der Waals surface area contributed by atoms with Gasteiger partial charge in [-0.15, -0.1) is 0 Å². The predicted molar refractivity (Wildman–Crippen MR) is 141 cm³/mol. The number of likely N-dealkylation sites (N-methyl/N-ethyl adjacent to an activating group) is 1. The Labute approximate surface area is 210 Å². The van der Waals surface area contributed by atoms with Crippen molar-refractivity contribution in [3.63, 3.8) is 0 Å². The Morgan fingerprint density at radius 2 is 1.67 bits per heavy atom. The first-order chi connectivity index (χ1) is 17.6. The average Bonchev–Trinajstić information content (AvgIpc) is 3.32. The number of aromatic nitrogens is 3. The SMILES string of the molecule is COC1CN(C(=O)c2ccc(-c3c[nH]c4ncc(-c5ccc(N6CCN(C)CC6)cc5)nc34)cc2)C1. The second kappa shape index (κ2) is 9.37. The van der Waals surface area contributed by atoms with Crippen LogP contribution in [0.15, 0.2) is 60.9 Å². The molecule has 184 valence electrons. The highest BCUT2D eigenvalue weighted by molar-refractivity contribution is 5.96. The Balaban J connectivity index is 1.22. The molecule has 0 atom stereocenters. The van der Waals surface area contributed by atoms with Crippen LogP contribution in [0.3, 0.4) is 0 Å². The topological polar surface area (TPSA) is 77.6 Å². The number of hydrogen-bond acceptors (Lipinski definition) is 6. The van der Waals surface area contributed by atoms with Gasteiger partial charge in [-0.1, -0.05) is 24.3 Å².